The highest BCUT2D eigenvalue weighted by atomic mass is 19.1. The minimum atomic E-state index is -0.208. The van der Waals surface area contributed by atoms with Crippen LogP contribution < -0.4 is 5.32 Å². The Labute approximate surface area is 148 Å². The summed E-state index contributed by atoms with van der Waals surface area (Å²) < 4.78 is 13.6. The Morgan fingerprint density at radius 1 is 1.20 bits per heavy atom. The second kappa shape index (κ2) is 8.72. The second-order valence-electron chi connectivity index (χ2n) is 6.54. The molecule has 0 aliphatic carbocycles. The van der Waals surface area contributed by atoms with Crippen LogP contribution >= 0.6 is 0 Å². The number of piperidine rings is 1. The highest BCUT2D eigenvalue weighted by molar-refractivity contribution is 5.78. The first-order valence-electron chi connectivity index (χ1n) is 8.85. The van der Waals surface area contributed by atoms with Crippen LogP contribution in [-0.2, 0) is 17.8 Å². The van der Waals surface area contributed by atoms with E-state index in [1.54, 1.807) is 18.3 Å². The lowest BCUT2D eigenvalue weighted by atomic mass is 9.95. The molecule has 0 unspecified atom stereocenters. The van der Waals surface area contributed by atoms with Gasteiger partial charge >= 0.3 is 0 Å². The molecule has 132 valence electrons. The summed E-state index contributed by atoms with van der Waals surface area (Å²) in [6.07, 6.45) is 5.93. The van der Waals surface area contributed by atoms with Crippen LogP contribution in [0.5, 0.6) is 0 Å². The summed E-state index contributed by atoms with van der Waals surface area (Å²) >= 11 is 0. The number of carbonyl (C=O) groups is 1. The van der Waals surface area contributed by atoms with E-state index in [-0.39, 0.29) is 17.6 Å². The fourth-order valence-corrected chi connectivity index (χ4v) is 3.27. The third kappa shape index (κ3) is 5.10. The van der Waals surface area contributed by atoms with Crippen molar-refractivity contribution in [3.63, 3.8) is 0 Å². The van der Waals surface area contributed by atoms with Gasteiger partial charge in [0, 0.05) is 31.4 Å². The summed E-state index contributed by atoms with van der Waals surface area (Å²) in [5.74, 6) is -0.0522. The maximum absolute atomic E-state index is 13.6. The molecule has 1 aromatic heterocycles. The quantitative estimate of drug-likeness (QED) is 0.879. The molecule has 1 amide bonds. The SMILES string of the molecule is O=C(NCCc1ccccc1F)C1CCN(Cc2cccnc2)CC1. The van der Waals surface area contributed by atoms with Crippen molar-refractivity contribution in [2.24, 2.45) is 5.92 Å². The monoisotopic (exact) mass is 341 g/mol. The van der Waals surface area contributed by atoms with Gasteiger partial charge in [-0.3, -0.25) is 14.7 Å². The molecule has 0 radical (unpaired) electrons. The Balaban J connectivity index is 1.39. The van der Waals surface area contributed by atoms with E-state index in [0.29, 0.717) is 18.5 Å². The van der Waals surface area contributed by atoms with Crippen LogP contribution in [0.25, 0.3) is 0 Å². The Morgan fingerprint density at radius 2 is 2.00 bits per heavy atom. The van der Waals surface area contributed by atoms with Gasteiger partial charge in [0.1, 0.15) is 5.82 Å². The predicted octanol–water partition coefficient (Wildman–Crippen LogP) is 2.79. The summed E-state index contributed by atoms with van der Waals surface area (Å²) in [5, 5.41) is 2.96. The van der Waals surface area contributed by atoms with Crippen molar-refractivity contribution in [1.82, 2.24) is 15.2 Å². The van der Waals surface area contributed by atoms with Gasteiger partial charge in [0.05, 0.1) is 0 Å². The highest BCUT2D eigenvalue weighted by Crippen LogP contribution is 2.19. The fourth-order valence-electron chi connectivity index (χ4n) is 3.27. The smallest absolute Gasteiger partial charge is 0.223 e. The number of rotatable bonds is 6. The molecule has 4 nitrogen and oxygen atoms in total. The second-order valence-corrected chi connectivity index (χ2v) is 6.54. The third-order valence-electron chi connectivity index (χ3n) is 4.74. The molecule has 2 heterocycles. The number of pyridine rings is 1. The lowest BCUT2D eigenvalue weighted by Crippen LogP contribution is -2.40. The zero-order valence-corrected chi connectivity index (χ0v) is 14.3. The van der Waals surface area contributed by atoms with Gasteiger partial charge in [-0.05, 0) is 55.6 Å². The standard InChI is InChI=1S/C20H24FN3O/c21-19-6-2-1-5-17(19)7-11-23-20(25)18-8-12-24(13-9-18)15-16-4-3-10-22-14-16/h1-6,10,14,18H,7-9,11-13,15H2,(H,23,25). The molecular formula is C20H24FN3O. The van der Waals surface area contributed by atoms with Crippen molar-refractivity contribution in [2.45, 2.75) is 25.8 Å². The molecule has 1 fully saturated rings. The van der Waals surface area contributed by atoms with Crippen LogP contribution in [0, 0.1) is 11.7 Å². The number of hydrogen-bond donors (Lipinski definition) is 1. The summed E-state index contributed by atoms with van der Waals surface area (Å²) in [7, 11) is 0. The molecule has 0 atom stereocenters. The van der Waals surface area contributed by atoms with Crippen LogP contribution in [-0.4, -0.2) is 35.4 Å². The fraction of sp³-hybridized carbons (Fsp3) is 0.400. The average molecular weight is 341 g/mol. The van der Waals surface area contributed by atoms with E-state index >= 15 is 0 Å². The molecule has 2 aromatic rings. The summed E-state index contributed by atoms with van der Waals surface area (Å²) in [6.45, 7) is 3.20. The van der Waals surface area contributed by atoms with E-state index in [1.165, 1.54) is 11.6 Å². The lowest BCUT2D eigenvalue weighted by molar-refractivity contribution is -0.126. The molecule has 3 rings (SSSR count). The van der Waals surface area contributed by atoms with Gasteiger partial charge in [-0.25, -0.2) is 4.39 Å². The molecule has 25 heavy (non-hydrogen) atoms. The van der Waals surface area contributed by atoms with Gasteiger partial charge in [0.15, 0.2) is 0 Å². The first-order chi connectivity index (χ1) is 12.2. The molecule has 1 saturated heterocycles. The third-order valence-corrected chi connectivity index (χ3v) is 4.74. The Hall–Kier alpha value is -2.27. The number of aromatic nitrogens is 1. The van der Waals surface area contributed by atoms with E-state index in [2.05, 4.69) is 21.3 Å². The van der Waals surface area contributed by atoms with Gasteiger partial charge < -0.3 is 5.32 Å². The minimum absolute atomic E-state index is 0.0609. The van der Waals surface area contributed by atoms with Crippen LogP contribution in [0.3, 0.4) is 0 Å². The van der Waals surface area contributed by atoms with Crippen LogP contribution in [0.1, 0.15) is 24.0 Å². The van der Waals surface area contributed by atoms with Gasteiger partial charge in [-0.2, -0.15) is 0 Å². The maximum atomic E-state index is 13.6. The first-order valence-corrected chi connectivity index (χ1v) is 8.85. The number of nitrogens with zero attached hydrogens (tertiary/aromatic N) is 2. The number of nitrogens with one attached hydrogen (secondary N) is 1. The van der Waals surface area contributed by atoms with Crippen molar-refractivity contribution in [3.05, 3.63) is 65.7 Å². The topological polar surface area (TPSA) is 45.2 Å². The number of halogens is 1. The molecule has 0 bridgehead atoms. The van der Waals surface area contributed by atoms with Crippen LogP contribution in [0.2, 0.25) is 0 Å². The van der Waals surface area contributed by atoms with E-state index in [1.807, 2.05) is 18.3 Å². The number of benzene rings is 1. The predicted molar refractivity (Wildman–Crippen MR) is 95.4 cm³/mol. The van der Waals surface area contributed by atoms with Crippen molar-refractivity contribution in [2.75, 3.05) is 19.6 Å². The maximum Gasteiger partial charge on any atom is 0.223 e. The lowest BCUT2D eigenvalue weighted by Gasteiger charge is -2.31. The van der Waals surface area contributed by atoms with Gasteiger partial charge in [0.25, 0.3) is 0 Å². The van der Waals surface area contributed by atoms with Crippen molar-refractivity contribution >= 4 is 5.91 Å². The average Bonchev–Trinajstić information content (AvgIpc) is 2.65. The summed E-state index contributed by atoms with van der Waals surface area (Å²) in [6, 6.07) is 10.7. The van der Waals surface area contributed by atoms with Crippen molar-refractivity contribution < 1.29 is 9.18 Å². The first kappa shape index (κ1) is 17.5. The van der Waals surface area contributed by atoms with Gasteiger partial charge in [0.2, 0.25) is 5.91 Å². The molecule has 0 spiro atoms. The van der Waals surface area contributed by atoms with Crippen molar-refractivity contribution in [3.8, 4) is 0 Å². The van der Waals surface area contributed by atoms with Gasteiger partial charge in [-0.15, -0.1) is 0 Å². The number of carbonyl (C=O) groups excluding carboxylic acids is 1. The molecule has 5 heteroatoms. The normalized spacial score (nSPS) is 15.9. The molecule has 1 aromatic carbocycles. The highest BCUT2D eigenvalue weighted by Gasteiger charge is 2.24. The molecule has 1 aliphatic heterocycles. The van der Waals surface area contributed by atoms with E-state index in [0.717, 1.165) is 32.5 Å². The minimum Gasteiger partial charge on any atom is -0.356 e. The Kier molecular flexibility index (Phi) is 6.12. The van der Waals surface area contributed by atoms with E-state index < -0.39 is 0 Å². The Bertz CT molecular complexity index is 684. The Morgan fingerprint density at radius 3 is 2.72 bits per heavy atom. The molecule has 0 saturated carbocycles. The zero-order chi connectivity index (χ0) is 17.5. The molecular weight excluding hydrogens is 317 g/mol. The van der Waals surface area contributed by atoms with E-state index in [4.69, 9.17) is 0 Å². The number of amides is 1. The summed E-state index contributed by atoms with van der Waals surface area (Å²) in [4.78, 5) is 18.8. The van der Waals surface area contributed by atoms with Crippen molar-refractivity contribution in [1.29, 1.82) is 0 Å². The van der Waals surface area contributed by atoms with E-state index in [9.17, 15) is 9.18 Å². The zero-order valence-electron chi connectivity index (χ0n) is 14.3. The number of hydrogen-bond acceptors (Lipinski definition) is 3. The van der Waals surface area contributed by atoms with Crippen LogP contribution in [0.15, 0.2) is 48.8 Å². The molecule has 1 N–H and O–H groups in total. The number of likely N-dealkylation sites (tertiary alicyclic amines) is 1. The largest absolute Gasteiger partial charge is 0.356 e. The van der Waals surface area contributed by atoms with Gasteiger partial charge in [-0.1, -0.05) is 24.3 Å². The molecule has 1 aliphatic rings. The summed E-state index contributed by atoms with van der Waals surface area (Å²) in [5.41, 5.74) is 1.85. The van der Waals surface area contributed by atoms with Crippen LogP contribution in [0.4, 0.5) is 4.39 Å².